The van der Waals surface area contributed by atoms with Gasteiger partial charge in [-0.25, -0.2) is 16.0 Å². The topological polar surface area (TPSA) is 195 Å². The standard InChI is InChI=1S/C19H15ClN10O/c20-15-7-17(19(29-24)30-25)26-16-5-11(13(6-14(15)16)18(27-22)28-23)9-31-12-3-1-10(8-21)2-4-12/h1-7,22,24H,9,23,25H2. The highest BCUT2D eigenvalue weighted by Gasteiger charge is 2.16. The van der Waals surface area contributed by atoms with E-state index in [0.717, 1.165) is 0 Å². The molecular formula is C19H15ClN10O. The Bertz CT molecular complexity index is 1260. The number of nitrogens with two attached hydrogens (primary N) is 2. The summed E-state index contributed by atoms with van der Waals surface area (Å²) in [5, 5.41) is 23.3. The molecule has 1 aromatic heterocycles. The van der Waals surface area contributed by atoms with Gasteiger partial charge in [0.2, 0.25) is 5.84 Å². The third kappa shape index (κ3) is 4.44. The number of amidine groups is 2. The van der Waals surface area contributed by atoms with Gasteiger partial charge in [-0.1, -0.05) is 11.6 Å². The molecule has 0 bridgehead atoms. The van der Waals surface area contributed by atoms with Crippen LogP contribution < -0.4 is 16.4 Å². The van der Waals surface area contributed by atoms with E-state index in [1.54, 1.807) is 36.4 Å². The van der Waals surface area contributed by atoms with Gasteiger partial charge in [0.25, 0.3) is 0 Å². The Morgan fingerprint density at radius 2 is 1.74 bits per heavy atom. The normalized spacial score (nSPS) is 11.7. The molecule has 6 N–H and O–H groups in total. The number of nitriles is 1. The van der Waals surface area contributed by atoms with Crippen molar-refractivity contribution in [2.24, 2.45) is 32.1 Å². The molecule has 0 atom stereocenters. The van der Waals surface area contributed by atoms with E-state index in [2.05, 4.69) is 25.4 Å². The highest BCUT2D eigenvalue weighted by Crippen LogP contribution is 2.28. The Morgan fingerprint density at radius 1 is 1.06 bits per heavy atom. The Kier molecular flexibility index (Phi) is 6.44. The fourth-order valence-electron chi connectivity index (χ4n) is 2.81. The van der Waals surface area contributed by atoms with Gasteiger partial charge in [0, 0.05) is 16.5 Å². The molecule has 0 radical (unpaired) electrons. The van der Waals surface area contributed by atoms with Crippen molar-refractivity contribution >= 4 is 34.2 Å². The van der Waals surface area contributed by atoms with Crippen LogP contribution in [0.3, 0.4) is 0 Å². The molecule has 3 aromatic rings. The van der Waals surface area contributed by atoms with E-state index in [4.69, 9.17) is 44.3 Å². The highest BCUT2D eigenvalue weighted by atomic mass is 35.5. The molecule has 12 heteroatoms. The zero-order chi connectivity index (χ0) is 22.4. The summed E-state index contributed by atoms with van der Waals surface area (Å²) >= 11 is 6.39. The summed E-state index contributed by atoms with van der Waals surface area (Å²) in [5.41, 5.74) is 16.7. The molecule has 0 aliphatic heterocycles. The van der Waals surface area contributed by atoms with E-state index in [-0.39, 0.29) is 24.0 Å². The number of hydrogen-bond acceptors (Lipinski definition) is 9. The Morgan fingerprint density at radius 3 is 2.32 bits per heavy atom. The Labute approximate surface area is 181 Å². The van der Waals surface area contributed by atoms with Gasteiger partial charge in [0.05, 0.1) is 22.2 Å². The molecule has 0 fully saturated rings. The van der Waals surface area contributed by atoms with E-state index < -0.39 is 0 Å². The number of hydrogen-bond donors (Lipinski definition) is 4. The first kappa shape index (κ1) is 21.3. The third-order valence-electron chi connectivity index (χ3n) is 4.29. The van der Waals surface area contributed by atoms with E-state index >= 15 is 0 Å². The molecule has 0 aliphatic carbocycles. The van der Waals surface area contributed by atoms with Crippen LogP contribution in [-0.2, 0) is 6.61 Å². The Balaban J connectivity index is 2.11. The number of aromatic nitrogens is 1. The van der Waals surface area contributed by atoms with Crippen LogP contribution in [0.5, 0.6) is 5.75 Å². The van der Waals surface area contributed by atoms with Crippen LogP contribution in [0.1, 0.15) is 22.4 Å². The van der Waals surface area contributed by atoms with E-state index in [1.165, 1.54) is 6.07 Å². The number of benzene rings is 2. The van der Waals surface area contributed by atoms with E-state index in [1.807, 2.05) is 6.07 Å². The van der Waals surface area contributed by atoms with Gasteiger partial charge in [-0.3, -0.25) is 0 Å². The predicted octanol–water partition coefficient (Wildman–Crippen LogP) is 3.64. The van der Waals surface area contributed by atoms with Crippen molar-refractivity contribution < 1.29 is 4.74 Å². The van der Waals surface area contributed by atoms with Gasteiger partial charge in [-0.2, -0.15) is 15.5 Å². The molecule has 1 heterocycles. The predicted molar refractivity (Wildman–Crippen MR) is 114 cm³/mol. The van der Waals surface area contributed by atoms with Gasteiger partial charge < -0.3 is 16.4 Å². The SMILES string of the molecule is N#Cc1ccc(OCc2cc3nc(C(N=N)=NN)cc(Cl)c3cc2C(N=N)=NN)cc1. The minimum Gasteiger partial charge on any atom is -0.489 e. The van der Waals surface area contributed by atoms with Crippen molar-refractivity contribution in [2.75, 3.05) is 0 Å². The fraction of sp³-hybridized carbons (Fsp3) is 0.0526. The van der Waals surface area contributed by atoms with E-state index in [0.29, 0.717) is 38.4 Å². The molecular weight excluding hydrogens is 420 g/mol. The number of ether oxygens (including phenoxy) is 1. The second-order valence-electron chi connectivity index (χ2n) is 6.07. The summed E-state index contributed by atoms with van der Waals surface area (Å²) in [6, 6.07) is 13.4. The lowest BCUT2D eigenvalue weighted by molar-refractivity contribution is 0.306. The van der Waals surface area contributed by atoms with E-state index in [9.17, 15) is 0 Å². The minimum absolute atomic E-state index is 0.0224. The summed E-state index contributed by atoms with van der Waals surface area (Å²) in [6.07, 6.45) is 0. The quantitative estimate of drug-likeness (QED) is 0.156. The maximum Gasteiger partial charge on any atom is 0.218 e. The number of hydrazone groups is 2. The molecule has 0 spiro atoms. The lowest BCUT2D eigenvalue weighted by Gasteiger charge is -2.13. The van der Waals surface area contributed by atoms with Gasteiger partial charge in [0.15, 0.2) is 5.84 Å². The number of nitrogens with one attached hydrogen (secondary N) is 2. The zero-order valence-corrected chi connectivity index (χ0v) is 16.6. The summed E-state index contributed by atoms with van der Waals surface area (Å²) in [6.45, 7) is 0.0654. The van der Waals surface area contributed by atoms with Crippen molar-refractivity contribution in [1.82, 2.24) is 4.98 Å². The van der Waals surface area contributed by atoms with Crippen molar-refractivity contribution in [1.29, 1.82) is 16.3 Å². The molecule has 3 rings (SSSR count). The summed E-state index contributed by atoms with van der Waals surface area (Å²) in [5.74, 6) is 11.1. The van der Waals surface area contributed by atoms with Crippen molar-refractivity contribution in [3.8, 4) is 11.8 Å². The maximum atomic E-state index is 8.91. The first-order valence-corrected chi connectivity index (χ1v) is 9.00. The molecule has 0 unspecified atom stereocenters. The fourth-order valence-corrected chi connectivity index (χ4v) is 3.07. The molecule has 0 amide bonds. The second-order valence-corrected chi connectivity index (χ2v) is 6.48. The molecule has 11 nitrogen and oxygen atoms in total. The lowest BCUT2D eigenvalue weighted by Crippen LogP contribution is -2.09. The van der Waals surface area contributed by atoms with Crippen LogP contribution in [0.2, 0.25) is 5.02 Å². The van der Waals surface area contributed by atoms with Gasteiger partial charge in [-0.05, 0) is 42.5 Å². The first-order chi connectivity index (χ1) is 15.0. The van der Waals surface area contributed by atoms with Crippen molar-refractivity contribution in [2.45, 2.75) is 6.61 Å². The molecule has 2 aromatic carbocycles. The highest BCUT2D eigenvalue weighted by molar-refractivity contribution is 6.36. The molecule has 0 aliphatic rings. The van der Waals surface area contributed by atoms with Crippen molar-refractivity contribution in [3.05, 3.63) is 69.9 Å². The Hall–Kier alpha value is -4.43. The minimum atomic E-state index is -0.0892. The number of fused-ring (bicyclic) bond motifs is 1. The van der Waals surface area contributed by atoms with Crippen molar-refractivity contribution in [3.63, 3.8) is 0 Å². The summed E-state index contributed by atoms with van der Waals surface area (Å²) < 4.78 is 5.81. The average Bonchev–Trinajstić information content (AvgIpc) is 2.80. The van der Waals surface area contributed by atoms with Crippen LogP contribution >= 0.6 is 11.6 Å². The molecule has 154 valence electrons. The number of pyridine rings is 1. The largest absolute Gasteiger partial charge is 0.489 e. The average molecular weight is 435 g/mol. The lowest BCUT2D eigenvalue weighted by atomic mass is 10.0. The molecule has 0 saturated heterocycles. The number of nitrogens with zero attached hydrogens (tertiary/aromatic N) is 6. The monoisotopic (exact) mass is 434 g/mol. The van der Waals surface area contributed by atoms with Crippen LogP contribution in [0.4, 0.5) is 0 Å². The number of halogens is 1. The van der Waals surface area contributed by atoms with Gasteiger partial charge >= 0.3 is 0 Å². The van der Waals surface area contributed by atoms with Gasteiger partial charge in [-0.15, -0.1) is 10.2 Å². The smallest absolute Gasteiger partial charge is 0.218 e. The zero-order valence-electron chi connectivity index (χ0n) is 15.9. The van der Waals surface area contributed by atoms with Crippen LogP contribution in [0, 0.1) is 22.4 Å². The van der Waals surface area contributed by atoms with Crippen LogP contribution in [-0.4, -0.2) is 16.7 Å². The number of rotatable bonds is 5. The maximum absolute atomic E-state index is 8.91. The molecule has 31 heavy (non-hydrogen) atoms. The molecule has 0 saturated carbocycles. The summed E-state index contributed by atoms with van der Waals surface area (Å²) in [7, 11) is 0. The second kappa shape index (κ2) is 9.38. The van der Waals surface area contributed by atoms with Crippen LogP contribution in [0.25, 0.3) is 10.9 Å². The summed E-state index contributed by atoms with van der Waals surface area (Å²) in [4.78, 5) is 4.42. The third-order valence-corrected chi connectivity index (χ3v) is 4.60. The van der Waals surface area contributed by atoms with Gasteiger partial charge in [0.1, 0.15) is 18.1 Å². The first-order valence-electron chi connectivity index (χ1n) is 8.62. The van der Waals surface area contributed by atoms with Crippen LogP contribution in [0.15, 0.2) is 62.9 Å².